The van der Waals surface area contributed by atoms with Crippen molar-refractivity contribution in [2.24, 2.45) is 0 Å². The Kier molecular flexibility index (Phi) is 5.70. The summed E-state index contributed by atoms with van der Waals surface area (Å²) in [6.45, 7) is 0.510. The van der Waals surface area contributed by atoms with Gasteiger partial charge in [-0.15, -0.1) is 11.8 Å². The Morgan fingerprint density at radius 1 is 1.25 bits per heavy atom. The fourth-order valence-corrected chi connectivity index (χ4v) is 2.59. The minimum Gasteiger partial charge on any atom is -0.459 e. The summed E-state index contributed by atoms with van der Waals surface area (Å²) in [6, 6.07) is 11.8. The van der Waals surface area contributed by atoms with E-state index >= 15 is 0 Å². The molecule has 20 heavy (non-hydrogen) atoms. The normalized spacial score (nSPS) is 10.4. The number of benzene rings is 1. The Balaban J connectivity index is 1.93. The van der Waals surface area contributed by atoms with Crippen LogP contribution < -0.4 is 5.32 Å². The molecule has 5 heteroatoms. The topological polar surface area (TPSA) is 62.5 Å². The molecule has 2 N–H and O–H groups in total. The molecule has 0 saturated carbocycles. The highest BCUT2D eigenvalue weighted by atomic mass is 32.2. The van der Waals surface area contributed by atoms with E-state index in [1.54, 1.807) is 11.8 Å². The molecule has 1 heterocycles. The first-order valence-corrected chi connectivity index (χ1v) is 7.43. The average Bonchev–Trinajstić information content (AvgIpc) is 2.95. The van der Waals surface area contributed by atoms with E-state index in [4.69, 9.17) is 9.52 Å². The number of carbonyl (C=O) groups excluding carboxylic acids is 1. The maximum Gasteiger partial charge on any atom is 0.287 e. The first kappa shape index (κ1) is 14.7. The second kappa shape index (κ2) is 7.77. The molecule has 2 aromatic rings. The average molecular weight is 291 g/mol. The molecule has 0 spiro atoms. The van der Waals surface area contributed by atoms with Crippen molar-refractivity contribution < 1.29 is 14.3 Å². The van der Waals surface area contributed by atoms with E-state index < -0.39 is 0 Å². The van der Waals surface area contributed by atoms with Gasteiger partial charge in [-0.2, -0.15) is 0 Å². The van der Waals surface area contributed by atoms with Crippen LogP contribution in [0.4, 0.5) is 0 Å². The predicted molar refractivity (Wildman–Crippen MR) is 78.7 cm³/mol. The van der Waals surface area contributed by atoms with Crippen LogP contribution in [0.3, 0.4) is 0 Å². The van der Waals surface area contributed by atoms with Gasteiger partial charge in [0.15, 0.2) is 5.76 Å². The van der Waals surface area contributed by atoms with Gasteiger partial charge in [0.1, 0.15) is 0 Å². The Morgan fingerprint density at radius 2 is 2.05 bits per heavy atom. The van der Waals surface area contributed by atoms with Gasteiger partial charge in [-0.05, 0) is 24.6 Å². The molecular weight excluding hydrogens is 274 g/mol. The summed E-state index contributed by atoms with van der Waals surface area (Å²) in [4.78, 5) is 13.1. The van der Waals surface area contributed by atoms with Crippen molar-refractivity contribution >= 4 is 17.7 Å². The summed E-state index contributed by atoms with van der Waals surface area (Å²) in [6.07, 6.45) is 2.07. The van der Waals surface area contributed by atoms with Crippen molar-refractivity contribution in [3.63, 3.8) is 0 Å². The SMILES string of the molecule is O=C(NCCCO)c1occc1CSc1ccccc1. The number of hydrogen-bond acceptors (Lipinski definition) is 4. The molecule has 0 bridgehead atoms. The molecule has 106 valence electrons. The van der Waals surface area contributed by atoms with Crippen LogP contribution in [0.25, 0.3) is 0 Å². The summed E-state index contributed by atoms with van der Waals surface area (Å²) in [5.74, 6) is 0.807. The van der Waals surface area contributed by atoms with Crippen LogP contribution in [0.5, 0.6) is 0 Å². The van der Waals surface area contributed by atoms with Crippen LogP contribution in [-0.2, 0) is 5.75 Å². The molecule has 1 aromatic carbocycles. The summed E-state index contributed by atoms with van der Waals surface area (Å²) in [5, 5.41) is 11.4. The second-order valence-electron chi connectivity index (χ2n) is 4.21. The maximum atomic E-state index is 11.9. The lowest BCUT2D eigenvalue weighted by atomic mass is 10.2. The molecule has 0 atom stereocenters. The number of rotatable bonds is 7. The fraction of sp³-hybridized carbons (Fsp3) is 0.267. The number of nitrogens with one attached hydrogen (secondary N) is 1. The molecule has 2 rings (SSSR count). The Labute approximate surface area is 122 Å². The summed E-state index contributed by atoms with van der Waals surface area (Å²) in [7, 11) is 0. The quantitative estimate of drug-likeness (QED) is 0.608. The minimum absolute atomic E-state index is 0.0646. The third kappa shape index (κ3) is 4.15. The molecule has 1 amide bonds. The smallest absolute Gasteiger partial charge is 0.287 e. The van der Waals surface area contributed by atoms with Crippen molar-refractivity contribution in [1.82, 2.24) is 5.32 Å². The van der Waals surface area contributed by atoms with Crippen LogP contribution in [0.2, 0.25) is 0 Å². The van der Waals surface area contributed by atoms with Crippen molar-refractivity contribution in [2.45, 2.75) is 17.1 Å². The molecule has 0 saturated heterocycles. The van der Waals surface area contributed by atoms with E-state index in [0.717, 1.165) is 10.5 Å². The molecule has 0 aliphatic carbocycles. The molecule has 0 aliphatic rings. The monoisotopic (exact) mass is 291 g/mol. The summed E-state index contributed by atoms with van der Waals surface area (Å²) >= 11 is 1.66. The van der Waals surface area contributed by atoms with E-state index in [0.29, 0.717) is 24.5 Å². The number of furan rings is 1. The molecule has 0 radical (unpaired) electrons. The zero-order valence-corrected chi connectivity index (χ0v) is 11.9. The first-order chi connectivity index (χ1) is 9.81. The predicted octanol–water partition coefficient (Wildman–Crippen LogP) is 2.68. The molecule has 0 aliphatic heterocycles. The van der Waals surface area contributed by atoms with Crippen LogP contribution in [-0.4, -0.2) is 24.2 Å². The highest BCUT2D eigenvalue weighted by Crippen LogP contribution is 2.24. The number of amides is 1. The number of aliphatic hydroxyl groups excluding tert-OH is 1. The summed E-state index contributed by atoms with van der Waals surface area (Å²) < 4.78 is 5.26. The van der Waals surface area contributed by atoms with Crippen molar-refractivity contribution in [3.8, 4) is 0 Å². The first-order valence-electron chi connectivity index (χ1n) is 6.44. The minimum atomic E-state index is -0.230. The molecule has 4 nitrogen and oxygen atoms in total. The highest BCUT2D eigenvalue weighted by molar-refractivity contribution is 7.98. The molecule has 1 aromatic heterocycles. The van der Waals surface area contributed by atoms with Gasteiger partial charge in [-0.25, -0.2) is 0 Å². The van der Waals surface area contributed by atoms with E-state index in [1.165, 1.54) is 6.26 Å². The lowest BCUT2D eigenvalue weighted by Crippen LogP contribution is -2.25. The van der Waals surface area contributed by atoms with Crippen LogP contribution in [0, 0.1) is 0 Å². The largest absolute Gasteiger partial charge is 0.459 e. The summed E-state index contributed by atoms with van der Waals surface area (Å²) in [5.41, 5.74) is 0.875. The van der Waals surface area contributed by atoms with Crippen molar-refractivity contribution in [1.29, 1.82) is 0 Å². The van der Waals surface area contributed by atoms with Gasteiger partial charge >= 0.3 is 0 Å². The van der Waals surface area contributed by atoms with E-state index in [1.807, 2.05) is 36.4 Å². The zero-order valence-electron chi connectivity index (χ0n) is 11.0. The Morgan fingerprint density at radius 3 is 2.80 bits per heavy atom. The van der Waals surface area contributed by atoms with Gasteiger partial charge in [0, 0.05) is 29.4 Å². The van der Waals surface area contributed by atoms with E-state index in [9.17, 15) is 4.79 Å². The Bertz CT molecular complexity index is 539. The van der Waals surface area contributed by atoms with Gasteiger partial charge in [0.25, 0.3) is 5.91 Å². The van der Waals surface area contributed by atoms with Crippen LogP contribution in [0.1, 0.15) is 22.5 Å². The maximum absolute atomic E-state index is 11.9. The Hall–Kier alpha value is -1.72. The van der Waals surface area contributed by atoms with Crippen LogP contribution >= 0.6 is 11.8 Å². The van der Waals surface area contributed by atoms with Crippen LogP contribution in [0.15, 0.2) is 52.0 Å². The lowest BCUT2D eigenvalue weighted by Gasteiger charge is -2.04. The standard InChI is InChI=1S/C15H17NO3S/c17-9-4-8-16-15(18)14-12(7-10-19-14)11-20-13-5-2-1-3-6-13/h1-3,5-7,10,17H,4,8-9,11H2,(H,16,18). The zero-order chi connectivity index (χ0) is 14.2. The number of carbonyl (C=O) groups is 1. The third-order valence-corrected chi connectivity index (χ3v) is 3.77. The van der Waals surface area contributed by atoms with Gasteiger partial charge < -0.3 is 14.8 Å². The van der Waals surface area contributed by atoms with Crippen molar-refractivity contribution in [3.05, 3.63) is 54.0 Å². The number of aliphatic hydroxyl groups is 1. The number of hydrogen-bond donors (Lipinski definition) is 2. The van der Waals surface area contributed by atoms with E-state index in [2.05, 4.69) is 5.32 Å². The second-order valence-corrected chi connectivity index (χ2v) is 5.26. The van der Waals surface area contributed by atoms with Gasteiger partial charge in [-0.1, -0.05) is 18.2 Å². The van der Waals surface area contributed by atoms with Crippen molar-refractivity contribution in [2.75, 3.05) is 13.2 Å². The number of thioether (sulfide) groups is 1. The van der Waals surface area contributed by atoms with Gasteiger partial charge in [0.05, 0.1) is 6.26 Å². The fourth-order valence-electron chi connectivity index (χ4n) is 1.69. The third-order valence-electron chi connectivity index (χ3n) is 2.71. The lowest BCUT2D eigenvalue weighted by molar-refractivity contribution is 0.0922. The molecular formula is C15H17NO3S. The molecule has 0 fully saturated rings. The van der Waals surface area contributed by atoms with E-state index in [-0.39, 0.29) is 12.5 Å². The molecule has 0 unspecified atom stereocenters. The highest BCUT2D eigenvalue weighted by Gasteiger charge is 2.14. The van der Waals surface area contributed by atoms with Gasteiger partial charge in [0.2, 0.25) is 0 Å². The van der Waals surface area contributed by atoms with Gasteiger partial charge in [-0.3, -0.25) is 4.79 Å².